The first-order chi connectivity index (χ1) is 8.81. The maximum atomic E-state index is 4.36. The van der Waals surface area contributed by atoms with Crippen LogP contribution in [0.5, 0.6) is 0 Å². The number of nitrogens with zero attached hydrogens (tertiary/aromatic N) is 2. The molecule has 94 valence electrons. The van der Waals surface area contributed by atoms with Crippen LogP contribution in [0.4, 0.5) is 0 Å². The van der Waals surface area contributed by atoms with Gasteiger partial charge in [-0.05, 0) is 31.5 Å². The maximum Gasteiger partial charge on any atom is 0.115 e. The van der Waals surface area contributed by atoms with E-state index >= 15 is 0 Å². The SMILES string of the molecule is CCCNC(c1cccc(C)c1)c1ccncn1. The Morgan fingerprint density at radius 2 is 2.17 bits per heavy atom. The molecule has 3 nitrogen and oxygen atoms in total. The van der Waals surface area contributed by atoms with Crippen molar-refractivity contribution in [2.45, 2.75) is 26.3 Å². The van der Waals surface area contributed by atoms with Gasteiger partial charge >= 0.3 is 0 Å². The van der Waals surface area contributed by atoms with Crippen molar-refractivity contribution < 1.29 is 0 Å². The fourth-order valence-electron chi connectivity index (χ4n) is 2.00. The van der Waals surface area contributed by atoms with Crippen molar-refractivity contribution in [3.8, 4) is 0 Å². The van der Waals surface area contributed by atoms with Crippen LogP contribution in [0.15, 0.2) is 42.9 Å². The summed E-state index contributed by atoms with van der Waals surface area (Å²) in [6.45, 7) is 5.25. The Kier molecular flexibility index (Phi) is 4.42. The van der Waals surface area contributed by atoms with Gasteiger partial charge in [0.1, 0.15) is 6.33 Å². The van der Waals surface area contributed by atoms with Gasteiger partial charge in [0.15, 0.2) is 0 Å². The van der Waals surface area contributed by atoms with Crippen molar-refractivity contribution in [3.63, 3.8) is 0 Å². The second-order valence-corrected chi connectivity index (χ2v) is 4.44. The first kappa shape index (κ1) is 12.7. The molecule has 1 heterocycles. The molecule has 1 N–H and O–H groups in total. The topological polar surface area (TPSA) is 37.8 Å². The molecule has 0 aliphatic heterocycles. The van der Waals surface area contributed by atoms with E-state index in [-0.39, 0.29) is 6.04 Å². The average Bonchev–Trinajstić information content (AvgIpc) is 2.40. The first-order valence-electron chi connectivity index (χ1n) is 6.37. The van der Waals surface area contributed by atoms with E-state index < -0.39 is 0 Å². The fraction of sp³-hybridized carbons (Fsp3) is 0.333. The van der Waals surface area contributed by atoms with E-state index in [1.807, 2.05) is 6.07 Å². The number of nitrogens with one attached hydrogen (secondary N) is 1. The van der Waals surface area contributed by atoms with Crippen molar-refractivity contribution in [2.24, 2.45) is 0 Å². The molecular formula is C15H19N3. The second-order valence-electron chi connectivity index (χ2n) is 4.44. The number of hydrogen-bond donors (Lipinski definition) is 1. The minimum atomic E-state index is 0.146. The second kappa shape index (κ2) is 6.26. The van der Waals surface area contributed by atoms with E-state index in [0.717, 1.165) is 18.7 Å². The van der Waals surface area contributed by atoms with Crippen LogP contribution in [0.3, 0.4) is 0 Å². The third-order valence-electron chi connectivity index (χ3n) is 2.87. The van der Waals surface area contributed by atoms with Gasteiger partial charge in [0, 0.05) is 6.20 Å². The average molecular weight is 241 g/mol. The Labute approximate surface area is 108 Å². The molecule has 0 bridgehead atoms. The summed E-state index contributed by atoms with van der Waals surface area (Å²) in [5.41, 5.74) is 3.54. The Balaban J connectivity index is 2.31. The number of aromatic nitrogens is 2. The van der Waals surface area contributed by atoms with Gasteiger partial charge in [0.2, 0.25) is 0 Å². The number of benzene rings is 1. The largest absolute Gasteiger partial charge is 0.305 e. The molecule has 18 heavy (non-hydrogen) atoms. The van der Waals surface area contributed by atoms with Crippen LogP contribution in [0.1, 0.15) is 36.2 Å². The Morgan fingerprint density at radius 3 is 2.83 bits per heavy atom. The highest BCUT2D eigenvalue weighted by Gasteiger charge is 2.14. The van der Waals surface area contributed by atoms with E-state index in [9.17, 15) is 0 Å². The molecule has 0 saturated carbocycles. The Hall–Kier alpha value is -1.74. The third-order valence-corrected chi connectivity index (χ3v) is 2.87. The van der Waals surface area contributed by atoms with Gasteiger partial charge in [0.25, 0.3) is 0 Å². The lowest BCUT2D eigenvalue weighted by Gasteiger charge is -2.18. The molecule has 1 aromatic carbocycles. The molecule has 0 aliphatic rings. The van der Waals surface area contributed by atoms with Gasteiger partial charge in [-0.2, -0.15) is 0 Å². The van der Waals surface area contributed by atoms with Gasteiger partial charge in [-0.25, -0.2) is 9.97 Å². The van der Waals surface area contributed by atoms with Gasteiger partial charge in [0.05, 0.1) is 11.7 Å². The lowest BCUT2D eigenvalue weighted by atomic mass is 10.0. The molecule has 1 unspecified atom stereocenters. The van der Waals surface area contributed by atoms with Crippen LogP contribution in [-0.2, 0) is 0 Å². The monoisotopic (exact) mass is 241 g/mol. The molecule has 2 rings (SSSR count). The number of hydrogen-bond acceptors (Lipinski definition) is 3. The zero-order valence-corrected chi connectivity index (χ0v) is 10.9. The summed E-state index contributed by atoms with van der Waals surface area (Å²) in [5.74, 6) is 0. The van der Waals surface area contributed by atoms with E-state index in [2.05, 4.69) is 53.4 Å². The molecule has 1 aromatic heterocycles. The molecule has 0 amide bonds. The molecule has 0 radical (unpaired) electrons. The van der Waals surface area contributed by atoms with Gasteiger partial charge < -0.3 is 5.32 Å². The van der Waals surface area contributed by atoms with E-state index in [1.165, 1.54) is 11.1 Å². The normalized spacial score (nSPS) is 12.3. The van der Waals surface area contributed by atoms with Crippen molar-refractivity contribution in [1.82, 2.24) is 15.3 Å². The van der Waals surface area contributed by atoms with E-state index in [0.29, 0.717) is 0 Å². The molecule has 3 heteroatoms. The summed E-state index contributed by atoms with van der Waals surface area (Å²) in [4.78, 5) is 8.34. The van der Waals surface area contributed by atoms with Gasteiger partial charge in [-0.15, -0.1) is 0 Å². The summed E-state index contributed by atoms with van der Waals surface area (Å²) >= 11 is 0. The maximum absolute atomic E-state index is 4.36. The Morgan fingerprint density at radius 1 is 1.28 bits per heavy atom. The summed E-state index contributed by atoms with van der Waals surface area (Å²) in [7, 11) is 0. The van der Waals surface area contributed by atoms with E-state index in [1.54, 1.807) is 12.5 Å². The van der Waals surface area contributed by atoms with Crippen molar-refractivity contribution in [3.05, 3.63) is 59.7 Å². The number of aryl methyl sites for hydroxylation is 1. The quantitative estimate of drug-likeness (QED) is 0.874. The van der Waals surface area contributed by atoms with Crippen LogP contribution < -0.4 is 5.32 Å². The predicted octanol–water partition coefficient (Wildman–Crippen LogP) is 2.87. The molecule has 0 aliphatic carbocycles. The molecular weight excluding hydrogens is 222 g/mol. The highest BCUT2D eigenvalue weighted by molar-refractivity contribution is 5.30. The zero-order chi connectivity index (χ0) is 12.8. The summed E-state index contributed by atoms with van der Waals surface area (Å²) in [5, 5.41) is 3.54. The van der Waals surface area contributed by atoms with Crippen molar-refractivity contribution in [1.29, 1.82) is 0 Å². The van der Waals surface area contributed by atoms with Crippen molar-refractivity contribution in [2.75, 3.05) is 6.54 Å². The fourth-order valence-corrected chi connectivity index (χ4v) is 2.00. The smallest absolute Gasteiger partial charge is 0.115 e. The lowest BCUT2D eigenvalue weighted by Crippen LogP contribution is -2.24. The van der Waals surface area contributed by atoms with Gasteiger partial charge in [-0.1, -0.05) is 36.8 Å². The zero-order valence-electron chi connectivity index (χ0n) is 10.9. The van der Waals surface area contributed by atoms with E-state index in [4.69, 9.17) is 0 Å². The summed E-state index contributed by atoms with van der Waals surface area (Å²) in [6, 6.07) is 10.7. The highest BCUT2D eigenvalue weighted by atomic mass is 14.9. The highest BCUT2D eigenvalue weighted by Crippen LogP contribution is 2.20. The predicted molar refractivity (Wildman–Crippen MR) is 73.3 cm³/mol. The van der Waals surface area contributed by atoms with Crippen LogP contribution in [-0.4, -0.2) is 16.5 Å². The molecule has 2 aromatic rings. The molecule has 0 saturated heterocycles. The van der Waals surface area contributed by atoms with Crippen molar-refractivity contribution >= 4 is 0 Å². The standard InChI is InChI=1S/C15H19N3/c1-3-8-17-15(14-7-9-16-11-18-14)13-6-4-5-12(2)10-13/h4-7,9-11,15,17H,3,8H2,1-2H3. The number of rotatable bonds is 5. The van der Waals surface area contributed by atoms with Crippen LogP contribution in [0.2, 0.25) is 0 Å². The van der Waals surface area contributed by atoms with Gasteiger partial charge in [-0.3, -0.25) is 0 Å². The minimum absolute atomic E-state index is 0.146. The summed E-state index contributed by atoms with van der Waals surface area (Å²) < 4.78 is 0. The first-order valence-corrected chi connectivity index (χ1v) is 6.37. The lowest BCUT2D eigenvalue weighted by molar-refractivity contribution is 0.585. The Bertz CT molecular complexity index is 482. The third kappa shape index (κ3) is 3.14. The van der Waals surface area contributed by atoms with Crippen LogP contribution >= 0.6 is 0 Å². The molecule has 0 spiro atoms. The van der Waals surface area contributed by atoms with Crippen LogP contribution in [0.25, 0.3) is 0 Å². The van der Waals surface area contributed by atoms with Crippen LogP contribution in [0, 0.1) is 6.92 Å². The molecule has 1 atom stereocenters. The minimum Gasteiger partial charge on any atom is -0.305 e. The molecule has 0 fully saturated rings. The summed E-state index contributed by atoms with van der Waals surface area (Å²) in [6.07, 6.45) is 4.50.